The number of halogens is 2. The third kappa shape index (κ3) is 5.30. The van der Waals surface area contributed by atoms with E-state index in [0.29, 0.717) is 52.6 Å². The molecule has 4 rings (SSSR count). The molecule has 1 aliphatic rings. The summed E-state index contributed by atoms with van der Waals surface area (Å²) >= 11 is 1.93. The number of aromatic amines is 1. The first-order valence-electron chi connectivity index (χ1n) is 11.0. The zero-order chi connectivity index (χ0) is 25.1. The number of likely N-dealkylation sites (tertiary alicyclic amines) is 1. The van der Waals surface area contributed by atoms with E-state index < -0.39 is 29.0 Å². The summed E-state index contributed by atoms with van der Waals surface area (Å²) in [5, 5.41) is 14.4. The molecule has 12 heteroatoms. The number of piperidine rings is 1. The second-order valence-corrected chi connectivity index (χ2v) is 9.47. The molecule has 1 aromatic heterocycles. The first-order valence-corrected chi connectivity index (χ1v) is 12.1. The van der Waals surface area contributed by atoms with Gasteiger partial charge in [0.05, 0.1) is 16.6 Å². The van der Waals surface area contributed by atoms with Gasteiger partial charge < -0.3 is 15.0 Å². The van der Waals surface area contributed by atoms with Crippen LogP contribution in [0.3, 0.4) is 0 Å². The number of nitrogens with zero attached hydrogens (tertiary/aromatic N) is 5. The summed E-state index contributed by atoms with van der Waals surface area (Å²) in [7, 11) is 0. The van der Waals surface area contributed by atoms with Crippen LogP contribution in [-0.4, -0.2) is 51.1 Å². The molecule has 0 saturated carbocycles. The van der Waals surface area contributed by atoms with Crippen molar-refractivity contribution >= 4 is 45.0 Å². The minimum atomic E-state index is -1.16. The van der Waals surface area contributed by atoms with E-state index in [-0.39, 0.29) is 18.0 Å². The monoisotopic (exact) mass is 592 g/mol. The maximum absolute atomic E-state index is 13.1. The zero-order valence-corrected chi connectivity index (χ0v) is 20.7. The number of aliphatic hydroxyl groups is 1. The van der Waals surface area contributed by atoms with Gasteiger partial charge in [0.2, 0.25) is 0 Å². The number of nitrogens with one attached hydrogen (secondary N) is 1. The molecular formula is C23H22FIN6O4. The highest BCUT2D eigenvalue weighted by Gasteiger charge is 2.30. The number of carbonyl (C=O) groups excluding carboxylic acids is 1. The lowest BCUT2D eigenvalue weighted by atomic mass is 9.87. The molecule has 10 nitrogen and oxygen atoms in total. The molecular weight excluding hydrogens is 570 g/mol. The molecule has 1 fully saturated rings. The number of aliphatic hydroxyl groups excluding tert-OH is 1. The van der Waals surface area contributed by atoms with E-state index >= 15 is 0 Å². The van der Waals surface area contributed by atoms with Crippen molar-refractivity contribution in [3.63, 3.8) is 0 Å². The van der Waals surface area contributed by atoms with Gasteiger partial charge in [0.1, 0.15) is 11.9 Å². The molecule has 2 heterocycles. The standard InChI is InChI=1S/C23H22FIN6O4/c24-15-3-1-13(2-4-15)20(32)21(33)14-7-9-30(10-8-14)11-12-31-22(34)16-5-6-17(28-29-26)18(25)19(16)27-23(31)35/h1-6,14,21,33H,7-12H2,(H,27,35). The number of benzene rings is 2. The first kappa shape index (κ1) is 25.0. The van der Waals surface area contributed by atoms with Crippen LogP contribution < -0.4 is 11.2 Å². The Hall–Kier alpha value is -3.06. The molecule has 0 aliphatic carbocycles. The van der Waals surface area contributed by atoms with Crippen LogP contribution in [0.15, 0.2) is 51.1 Å². The van der Waals surface area contributed by atoms with E-state index in [1.54, 1.807) is 0 Å². The number of aromatic nitrogens is 2. The minimum absolute atomic E-state index is 0.181. The van der Waals surface area contributed by atoms with Gasteiger partial charge >= 0.3 is 5.69 Å². The Labute approximate surface area is 212 Å². The zero-order valence-electron chi connectivity index (χ0n) is 18.5. The average molecular weight is 592 g/mol. The molecule has 1 saturated heterocycles. The fourth-order valence-corrected chi connectivity index (χ4v) is 5.05. The Bertz CT molecular complexity index is 1420. The van der Waals surface area contributed by atoms with Crippen molar-refractivity contribution < 1.29 is 14.3 Å². The van der Waals surface area contributed by atoms with Crippen molar-refractivity contribution in [1.82, 2.24) is 14.5 Å². The number of Topliss-reactive ketones (excluding diaryl/α,β-unsaturated/α-hetero) is 1. The molecule has 35 heavy (non-hydrogen) atoms. The topological polar surface area (TPSA) is 144 Å². The Kier molecular flexibility index (Phi) is 7.65. The minimum Gasteiger partial charge on any atom is -0.385 e. The van der Waals surface area contributed by atoms with Crippen LogP contribution in [-0.2, 0) is 6.54 Å². The Morgan fingerprint density at radius 1 is 1.20 bits per heavy atom. The van der Waals surface area contributed by atoms with E-state index in [4.69, 9.17) is 5.53 Å². The van der Waals surface area contributed by atoms with Crippen molar-refractivity contribution in [1.29, 1.82) is 0 Å². The third-order valence-corrected chi connectivity index (χ3v) is 7.43. The summed E-state index contributed by atoms with van der Waals surface area (Å²) in [5.74, 6) is -1.08. The van der Waals surface area contributed by atoms with Crippen molar-refractivity contribution in [2.75, 3.05) is 19.6 Å². The van der Waals surface area contributed by atoms with Gasteiger partial charge in [-0.05, 0) is 90.3 Å². The number of ketones is 1. The highest BCUT2D eigenvalue weighted by molar-refractivity contribution is 14.1. The van der Waals surface area contributed by atoms with Crippen LogP contribution in [0.25, 0.3) is 21.3 Å². The molecule has 1 atom stereocenters. The molecule has 0 radical (unpaired) electrons. The molecule has 2 N–H and O–H groups in total. The van der Waals surface area contributed by atoms with E-state index in [1.165, 1.54) is 36.4 Å². The van der Waals surface area contributed by atoms with Crippen molar-refractivity contribution in [3.05, 3.63) is 82.6 Å². The van der Waals surface area contributed by atoms with Crippen LogP contribution >= 0.6 is 22.6 Å². The van der Waals surface area contributed by atoms with Gasteiger partial charge in [0.25, 0.3) is 5.56 Å². The lowest BCUT2D eigenvalue weighted by Gasteiger charge is -2.33. The molecule has 0 spiro atoms. The molecule has 2 aromatic carbocycles. The molecule has 0 amide bonds. The molecule has 1 aliphatic heterocycles. The fourth-order valence-electron chi connectivity index (χ4n) is 4.34. The van der Waals surface area contributed by atoms with Crippen LogP contribution in [0.2, 0.25) is 0 Å². The molecule has 182 valence electrons. The number of H-pyrrole nitrogens is 1. The Morgan fingerprint density at radius 2 is 1.89 bits per heavy atom. The highest BCUT2D eigenvalue weighted by Crippen LogP contribution is 2.27. The van der Waals surface area contributed by atoms with Crippen molar-refractivity contribution in [2.24, 2.45) is 11.0 Å². The smallest absolute Gasteiger partial charge is 0.328 e. The number of carbonyl (C=O) groups is 1. The van der Waals surface area contributed by atoms with Gasteiger partial charge in [0, 0.05) is 27.1 Å². The normalized spacial score (nSPS) is 15.6. The summed E-state index contributed by atoms with van der Waals surface area (Å²) in [5.41, 5.74) is 8.63. The maximum atomic E-state index is 13.1. The number of fused-ring (bicyclic) bond motifs is 1. The van der Waals surface area contributed by atoms with Gasteiger partial charge in [-0.15, -0.1) is 0 Å². The second-order valence-electron chi connectivity index (χ2n) is 8.39. The summed E-state index contributed by atoms with van der Waals surface area (Å²) in [6.07, 6.45) is 0.000789. The SMILES string of the molecule is [N-]=[N+]=Nc1ccc2c(=O)n(CCN3CCC(C(O)C(=O)c4ccc(F)cc4)CC3)c(=O)[nH]c2c1I. The molecule has 1 unspecified atom stereocenters. The number of azide groups is 1. The lowest BCUT2D eigenvalue weighted by molar-refractivity contribution is 0.0438. The van der Waals surface area contributed by atoms with Crippen LogP contribution in [0.5, 0.6) is 0 Å². The van der Waals surface area contributed by atoms with Gasteiger partial charge in [-0.1, -0.05) is 11.2 Å². The van der Waals surface area contributed by atoms with Crippen molar-refractivity contribution in [3.8, 4) is 0 Å². The average Bonchev–Trinajstić information content (AvgIpc) is 2.86. The van der Waals surface area contributed by atoms with Gasteiger partial charge in [0.15, 0.2) is 5.78 Å². The van der Waals surface area contributed by atoms with E-state index in [1.807, 2.05) is 22.6 Å². The second kappa shape index (κ2) is 10.7. The van der Waals surface area contributed by atoms with E-state index in [0.717, 1.165) is 4.57 Å². The van der Waals surface area contributed by atoms with Crippen LogP contribution in [0.4, 0.5) is 10.1 Å². The predicted octanol–water partition coefficient (Wildman–Crippen LogP) is 3.33. The van der Waals surface area contributed by atoms with Gasteiger partial charge in [-0.3, -0.25) is 14.2 Å². The third-order valence-electron chi connectivity index (χ3n) is 6.34. The molecule has 3 aromatic rings. The van der Waals surface area contributed by atoms with Gasteiger partial charge in [-0.2, -0.15) is 0 Å². The first-order chi connectivity index (χ1) is 16.8. The summed E-state index contributed by atoms with van der Waals surface area (Å²) in [6.45, 7) is 1.84. The lowest BCUT2D eigenvalue weighted by Crippen LogP contribution is -2.44. The van der Waals surface area contributed by atoms with Crippen LogP contribution in [0.1, 0.15) is 23.2 Å². The van der Waals surface area contributed by atoms with Crippen LogP contribution in [0, 0.1) is 15.3 Å². The fraction of sp³-hybridized carbons (Fsp3) is 0.348. The highest BCUT2D eigenvalue weighted by atomic mass is 127. The summed E-state index contributed by atoms with van der Waals surface area (Å²) in [6, 6.07) is 8.19. The van der Waals surface area contributed by atoms with Crippen molar-refractivity contribution in [2.45, 2.75) is 25.5 Å². The number of hydrogen-bond acceptors (Lipinski definition) is 6. The Morgan fingerprint density at radius 3 is 2.54 bits per heavy atom. The summed E-state index contributed by atoms with van der Waals surface area (Å²) in [4.78, 5) is 45.6. The summed E-state index contributed by atoms with van der Waals surface area (Å²) < 4.78 is 14.7. The Balaban J connectivity index is 1.40. The molecule has 0 bridgehead atoms. The van der Waals surface area contributed by atoms with E-state index in [2.05, 4.69) is 19.9 Å². The number of rotatable bonds is 7. The maximum Gasteiger partial charge on any atom is 0.328 e. The largest absolute Gasteiger partial charge is 0.385 e. The van der Waals surface area contributed by atoms with E-state index in [9.17, 15) is 23.9 Å². The van der Waals surface area contributed by atoms with Gasteiger partial charge in [-0.25, -0.2) is 9.18 Å². The predicted molar refractivity (Wildman–Crippen MR) is 136 cm³/mol. The number of hydrogen-bond donors (Lipinski definition) is 2. The quantitative estimate of drug-likeness (QED) is 0.142.